The third kappa shape index (κ3) is 2.58. The first-order chi connectivity index (χ1) is 6.65. The fourth-order valence-electron chi connectivity index (χ4n) is 1.35. The molecule has 1 unspecified atom stereocenters. The maximum atomic E-state index is 10.7. The Hall–Kier alpha value is -1.32. The second-order valence-electron chi connectivity index (χ2n) is 3.49. The third-order valence-electron chi connectivity index (χ3n) is 2.18. The Morgan fingerprint density at radius 2 is 2.43 bits per heavy atom. The van der Waals surface area contributed by atoms with Gasteiger partial charge in [0.15, 0.2) is 0 Å². The molecule has 0 aliphatic rings. The molecule has 0 aliphatic carbocycles. The molecule has 0 radical (unpaired) electrons. The summed E-state index contributed by atoms with van der Waals surface area (Å²) in [6.07, 6.45) is 3.28. The Morgan fingerprint density at radius 1 is 1.71 bits per heavy atom. The highest BCUT2D eigenvalue weighted by molar-refractivity contribution is 5.69. The minimum atomic E-state index is -0.755. The van der Waals surface area contributed by atoms with Gasteiger partial charge >= 0.3 is 5.97 Å². The zero-order chi connectivity index (χ0) is 10.6. The van der Waals surface area contributed by atoms with E-state index in [-0.39, 0.29) is 5.92 Å². The number of nitrogens with zero attached hydrogens (tertiary/aromatic N) is 2. The molecule has 1 aromatic rings. The van der Waals surface area contributed by atoms with E-state index in [1.54, 1.807) is 13.1 Å². The van der Waals surface area contributed by atoms with Crippen molar-refractivity contribution < 1.29 is 9.90 Å². The van der Waals surface area contributed by atoms with Crippen LogP contribution in [0.1, 0.15) is 26.0 Å². The molecule has 1 atom stereocenters. The largest absolute Gasteiger partial charge is 0.481 e. The van der Waals surface area contributed by atoms with E-state index in [2.05, 4.69) is 12.0 Å². The lowest BCUT2D eigenvalue weighted by Crippen LogP contribution is -2.15. The number of hydrogen-bond donors (Lipinski definition) is 1. The predicted molar refractivity (Wildman–Crippen MR) is 53.0 cm³/mol. The number of carboxylic acids is 1. The maximum Gasteiger partial charge on any atom is 0.306 e. The van der Waals surface area contributed by atoms with Gasteiger partial charge in [0.1, 0.15) is 0 Å². The molecule has 1 N–H and O–H groups in total. The number of aryl methyl sites for hydroxylation is 1. The van der Waals surface area contributed by atoms with E-state index < -0.39 is 5.97 Å². The van der Waals surface area contributed by atoms with Crippen LogP contribution in [0.3, 0.4) is 0 Å². The summed E-state index contributed by atoms with van der Waals surface area (Å²) >= 11 is 0. The van der Waals surface area contributed by atoms with Gasteiger partial charge < -0.3 is 5.11 Å². The van der Waals surface area contributed by atoms with Crippen molar-refractivity contribution in [3.05, 3.63) is 18.0 Å². The van der Waals surface area contributed by atoms with Crippen LogP contribution in [-0.4, -0.2) is 20.9 Å². The number of hydrogen-bond acceptors (Lipinski definition) is 2. The van der Waals surface area contributed by atoms with Crippen LogP contribution in [-0.2, 0) is 17.8 Å². The van der Waals surface area contributed by atoms with Gasteiger partial charge in [-0.25, -0.2) is 0 Å². The molecule has 0 saturated carbocycles. The number of carbonyl (C=O) groups is 1. The van der Waals surface area contributed by atoms with E-state index in [1.807, 2.05) is 10.7 Å². The highest BCUT2D eigenvalue weighted by Crippen LogP contribution is 2.08. The van der Waals surface area contributed by atoms with Gasteiger partial charge in [-0.1, -0.05) is 13.8 Å². The van der Waals surface area contributed by atoms with Gasteiger partial charge in [-0.05, 0) is 12.5 Å². The summed E-state index contributed by atoms with van der Waals surface area (Å²) in [4.78, 5) is 10.7. The summed E-state index contributed by atoms with van der Waals surface area (Å²) < 4.78 is 1.87. The van der Waals surface area contributed by atoms with Crippen LogP contribution in [0.5, 0.6) is 0 Å². The topological polar surface area (TPSA) is 55.1 Å². The van der Waals surface area contributed by atoms with Crippen molar-refractivity contribution in [2.75, 3.05) is 0 Å². The average Bonchev–Trinajstić information content (AvgIpc) is 2.53. The van der Waals surface area contributed by atoms with Gasteiger partial charge in [-0.15, -0.1) is 0 Å². The molecule has 4 heteroatoms. The molecule has 0 aliphatic heterocycles. The molecular weight excluding hydrogens is 180 g/mol. The lowest BCUT2D eigenvalue weighted by Gasteiger charge is -2.08. The Labute approximate surface area is 83.5 Å². The predicted octanol–water partition coefficient (Wildman–Crippen LogP) is 1.56. The van der Waals surface area contributed by atoms with Crippen LogP contribution in [0.4, 0.5) is 0 Å². The molecule has 0 bridgehead atoms. The van der Waals surface area contributed by atoms with Crippen LogP contribution in [0, 0.1) is 5.92 Å². The zero-order valence-corrected chi connectivity index (χ0v) is 8.60. The molecule has 4 nitrogen and oxygen atoms in total. The lowest BCUT2D eigenvalue weighted by molar-refractivity contribution is -0.141. The van der Waals surface area contributed by atoms with E-state index in [0.717, 1.165) is 18.7 Å². The molecule has 14 heavy (non-hydrogen) atoms. The fourth-order valence-corrected chi connectivity index (χ4v) is 1.35. The summed E-state index contributed by atoms with van der Waals surface area (Å²) in [5, 5.41) is 12.9. The summed E-state index contributed by atoms with van der Waals surface area (Å²) in [6, 6.07) is 1.88. The molecule has 0 aromatic carbocycles. The molecule has 0 saturated heterocycles. The Balaban J connectivity index is 2.66. The Kier molecular flexibility index (Phi) is 3.68. The summed E-state index contributed by atoms with van der Waals surface area (Å²) in [5.41, 5.74) is 1.00. The van der Waals surface area contributed by atoms with E-state index in [4.69, 9.17) is 5.11 Å². The molecular formula is C10H16N2O2. The van der Waals surface area contributed by atoms with Crippen LogP contribution in [0.25, 0.3) is 0 Å². The fraction of sp³-hybridized carbons (Fsp3) is 0.600. The van der Waals surface area contributed by atoms with Crippen molar-refractivity contribution in [3.63, 3.8) is 0 Å². The standard InChI is InChI=1S/C10H16N2O2/c1-3-6-12-9(4-5-11-12)7-8(2)10(13)14/h4-5,8H,3,6-7H2,1-2H3,(H,13,14). The quantitative estimate of drug-likeness (QED) is 0.777. The molecule has 0 amide bonds. The number of carboxylic acid groups (broad SMARTS) is 1. The van der Waals surface area contributed by atoms with Gasteiger partial charge in [0.25, 0.3) is 0 Å². The summed E-state index contributed by atoms with van der Waals surface area (Å²) in [5.74, 6) is -1.10. The van der Waals surface area contributed by atoms with Crippen LogP contribution in [0.2, 0.25) is 0 Å². The second kappa shape index (κ2) is 4.79. The highest BCUT2D eigenvalue weighted by Gasteiger charge is 2.13. The van der Waals surface area contributed by atoms with E-state index in [9.17, 15) is 4.79 Å². The van der Waals surface area contributed by atoms with E-state index in [1.165, 1.54) is 0 Å². The smallest absolute Gasteiger partial charge is 0.306 e. The van der Waals surface area contributed by atoms with Gasteiger partial charge in [-0.3, -0.25) is 9.48 Å². The number of aromatic nitrogens is 2. The van der Waals surface area contributed by atoms with Gasteiger partial charge in [0.05, 0.1) is 5.92 Å². The van der Waals surface area contributed by atoms with Gasteiger partial charge in [-0.2, -0.15) is 5.10 Å². The normalized spacial score (nSPS) is 12.7. The minimum Gasteiger partial charge on any atom is -0.481 e. The molecule has 78 valence electrons. The van der Waals surface area contributed by atoms with Crippen molar-refractivity contribution in [1.82, 2.24) is 9.78 Å². The summed E-state index contributed by atoms with van der Waals surface area (Å²) in [7, 11) is 0. The van der Waals surface area contributed by atoms with E-state index >= 15 is 0 Å². The highest BCUT2D eigenvalue weighted by atomic mass is 16.4. The van der Waals surface area contributed by atoms with Crippen LogP contribution >= 0.6 is 0 Å². The first-order valence-corrected chi connectivity index (χ1v) is 4.88. The summed E-state index contributed by atoms with van der Waals surface area (Å²) in [6.45, 7) is 4.65. The van der Waals surface area contributed by atoms with Crippen molar-refractivity contribution in [2.45, 2.75) is 33.2 Å². The van der Waals surface area contributed by atoms with Gasteiger partial charge in [0.2, 0.25) is 0 Å². The molecule has 1 rings (SSSR count). The van der Waals surface area contributed by atoms with Crippen molar-refractivity contribution >= 4 is 5.97 Å². The molecule has 0 spiro atoms. The first-order valence-electron chi connectivity index (χ1n) is 4.88. The van der Waals surface area contributed by atoms with Crippen LogP contribution < -0.4 is 0 Å². The minimum absolute atomic E-state index is 0.345. The van der Waals surface area contributed by atoms with Crippen LogP contribution in [0.15, 0.2) is 12.3 Å². The van der Waals surface area contributed by atoms with Gasteiger partial charge in [0, 0.05) is 24.9 Å². The zero-order valence-electron chi connectivity index (χ0n) is 8.60. The van der Waals surface area contributed by atoms with E-state index in [0.29, 0.717) is 6.42 Å². The number of aliphatic carboxylic acids is 1. The van der Waals surface area contributed by atoms with Crippen molar-refractivity contribution in [2.24, 2.45) is 5.92 Å². The Morgan fingerprint density at radius 3 is 3.00 bits per heavy atom. The lowest BCUT2D eigenvalue weighted by atomic mass is 10.1. The Bertz CT molecular complexity index is 307. The maximum absolute atomic E-state index is 10.7. The molecule has 0 fully saturated rings. The molecule has 1 aromatic heterocycles. The average molecular weight is 196 g/mol. The van der Waals surface area contributed by atoms with Crippen molar-refractivity contribution in [3.8, 4) is 0 Å². The SMILES string of the molecule is CCCn1nccc1CC(C)C(=O)O. The van der Waals surface area contributed by atoms with Crippen molar-refractivity contribution in [1.29, 1.82) is 0 Å². The first kappa shape index (κ1) is 10.8. The molecule has 1 heterocycles. The third-order valence-corrected chi connectivity index (χ3v) is 2.18. The second-order valence-corrected chi connectivity index (χ2v) is 3.49. The monoisotopic (exact) mass is 196 g/mol. The number of rotatable bonds is 5.